The Morgan fingerprint density at radius 2 is 2.13 bits per heavy atom. The molecule has 1 saturated heterocycles. The minimum atomic E-state index is -0.0480. The van der Waals surface area contributed by atoms with Crippen LogP contribution >= 0.6 is 11.3 Å². The van der Waals surface area contributed by atoms with Crippen LogP contribution in [0.5, 0.6) is 0 Å². The van der Waals surface area contributed by atoms with Crippen molar-refractivity contribution >= 4 is 17.2 Å². The number of nitrogens with zero attached hydrogens (tertiary/aromatic N) is 2. The second-order valence-corrected chi connectivity index (χ2v) is 7.79. The minimum absolute atomic E-state index is 0.0355. The van der Waals surface area contributed by atoms with Gasteiger partial charge in [-0.05, 0) is 30.2 Å². The second-order valence-electron chi connectivity index (χ2n) is 6.58. The van der Waals surface area contributed by atoms with Crippen LogP contribution in [0, 0.1) is 24.7 Å². The summed E-state index contributed by atoms with van der Waals surface area (Å²) in [6, 6.07) is 9.89. The topological polar surface area (TPSA) is 53.4 Å². The van der Waals surface area contributed by atoms with E-state index >= 15 is 0 Å². The van der Waals surface area contributed by atoms with Gasteiger partial charge in [-0.3, -0.25) is 4.79 Å². The molecule has 3 unspecified atom stereocenters. The standard InChI is InChI=1S/C18H20N2O2S/c1-10-13-8-20(14(9-21)15(10)13)18(22)16-17(23-11(2)19-16)12-6-4-3-5-7-12/h3-7,10,13-15,21H,8-9H2,1-2H3/t10-,13?,14?,15?/m1/s1. The zero-order valence-corrected chi connectivity index (χ0v) is 14.1. The molecule has 0 spiro atoms. The smallest absolute Gasteiger partial charge is 0.274 e. The Balaban J connectivity index is 1.68. The van der Waals surface area contributed by atoms with Crippen molar-refractivity contribution in [3.05, 3.63) is 41.0 Å². The molecule has 1 aromatic heterocycles. The Kier molecular flexibility index (Phi) is 3.50. The van der Waals surface area contributed by atoms with Gasteiger partial charge in [0.15, 0.2) is 0 Å². The first-order valence-electron chi connectivity index (χ1n) is 8.06. The van der Waals surface area contributed by atoms with E-state index < -0.39 is 0 Å². The third kappa shape index (κ3) is 2.30. The van der Waals surface area contributed by atoms with E-state index in [1.807, 2.05) is 42.2 Å². The normalized spacial score (nSPS) is 28.7. The van der Waals surface area contributed by atoms with Crippen molar-refractivity contribution in [1.82, 2.24) is 9.88 Å². The van der Waals surface area contributed by atoms with Gasteiger partial charge < -0.3 is 10.0 Å². The first-order valence-corrected chi connectivity index (χ1v) is 8.88. The van der Waals surface area contributed by atoms with Crippen molar-refractivity contribution in [1.29, 1.82) is 0 Å². The van der Waals surface area contributed by atoms with E-state index in [1.165, 1.54) is 0 Å². The number of aliphatic hydroxyl groups is 1. The molecule has 23 heavy (non-hydrogen) atoms. The minimum Gasteiger partial charge on any atom is -0.394 e. The molecule has 2 aliphatic rings. The number of hydrogen-bond acceptors (Lipinski definition) is 4. The van der Waals surface area contributed by atoms with Crippen LogP contribution in [0.2, 0.25) is 0 Å². The molecular formula is C18H20N2O2S. The predicted molar refractivity (Wildman–Crippen MR) is 90.3 cm³/mol. The van der Waals surface area contributed by atoms with E-state index in [2.05, 4.69) is 11.9 Å². The van der Waals surface area contributed by atoms with E-state index in [0.29, 0.717) is 23.4 Å². The SMILES string of the molecule is Cc1nc(C(=O)N2CC3C(C2CO)[C@@H]3C)c(-c2ccccc2)s1. The van der Waals surface area contributed by atoms with E-state index in [0.717, 1.165) is 22.0 Å². The van der Waals surface area contributed by atoms with Gasteiger partial charge in [-0.2, -0.15) is 0 Å². The average molecular weight is 328 g/mol. The molecular weight excluding hydrogens is 308 g/mol. The largest absolute Gasteiger partial charge is 0.394 e. The van der Waals surface area contributed by atoms with Crippen molar-refractivity contribution in [2.24, 2.45) is 17.8 Å². The van der Waals surface area contributed by atoms with Crippen LogP contribution in [0.4, 0.5) is 0 Å². The lowest BCUT2D eigenvalue weighted by atomic mass is 10.1. The molecule has 2 aromatic rings. The Morgan fingerprint density at radius 1 is 1.39 bits per heavy atom. The van der Waals surface area contributed by atoms with Crippen molar-refractivity contribution in [3.8, 4) is 10.4 Å². The van der Waals surface area contributed by atoms with Crippen LogP contribution in [-0.4, -0.2) is 40.1 Å². The molecule has 1 aliphatic heterocycles. The number of thiazole rings is 1. The summed E-state index contributed by atoms with van der Waals surface area (Å²) in [4.78, 5) is 20.3. The monoisotopic (exact) mass is 328 g/mol. The first kappa shape index (κ1) is 14.8. The Morgan fingerprint density at radius 3 is 2.83 bits per heavy atom. The Labute approximate surface area is 139 Å². The molecule has 0 radical (unpaired) electrons. The fourth-order valence-electron chi connectivity index (χ4n) is 4.02. The Bertz CT molecular complexity index is 743. The lowest BCUT2D eigenvalue weighted by molar-refractivity contribution is 0.0612. The number of amides is 1. The molecule has 2 fully saturated rings. The second kappa shape index (κ2) is 5.42. The first-order chi connectivity index (χ1) is 11.1. The highest BCUT2D eigenvalue weighted by atomic mass is 32.1. The van der Waals surface area contributed by atoms with E-state index in [1.54, 1.807) is 11.3 Å². The fourth-order valence-corrected chi connectivity index (χ4v) is 4.94. The summed E-state index contributed by atoms with van der Waals surface area (Å²) >= 11 is 1.55. The molecule has 1 N–H and O–H groups in total. The molecule has 4 atom stereocenters. The van der Waals surface area contributed by atoms with E-state index in [-0.39, 0.29) is 18.6 Å². The summed E-state index contributed by atoms with van der Waals surface area (Å²) in [6.45, 7) is 4.94. The van der Waals surface area contributed by atoms with Crippen molar-refractivity contribution < 1.29 is 9.90 Å². The third-order valence-electron chi connectivity index (χ3n) is 5.31. The molecule has 1 aromatic carbocycles. The molecule has 2 heterocycles. The number of benzene rings is 1. The van der Waals surface area contributed by atoms with Gasteiger partial charge in [-0.25, -0.2) is 4.98 Å². The lowest BCUT2D eigenvalue weighted by Crippen LogP contribution is -2.41. The van der Waals surface area contributed by atoms with Gasteiger partial charge in [-0.15, -0.1) is 11.3 Å². The van der Waals surface area contributed by atoms with Crippen LogP contribution in [0.3, 0.4) is 0 Å². The third-order valence-corrected chi connectivity index (χ3v) is 6.33. The lowest BCUT2D eigenvalue weighted by Gasteiger charge is -2.26. The van der Waals surface area contributed by atoms with Crippen LogP contribution in [-0.2, 0) is 0 Å². The summed E-state index contributed by atoms with van der Waals surface area (Å²) in [6.07, 6.45) is 0. The van der Waals surface area contributed by atoms with Gasteiger partial charge in [-0.1, -0.05) is 37.3 Å². The molecule has 5 heteroatoms. The summed E-state index contributed by atoms with van der Waals surface area (Å²) < 4.78 is 0. The number of carbonyl (C=O) groups is 1. The number of fused-ring (bicyclic) bond motifs is 1. The molecule has 120 valence electrons. The number of hydrogen-bond donors (Lipinski definition) is 1. The van der Waals surface area contributed by atoms with Gasteiger partial charge in [0, 0.05) is 6.54 Å². The highest BCUT2D eigenvalue weighted by Gasteiger charge is 2.59. The summed E-state index contributed by atoms with van der Waals surface area (Å²) in [7, 11) is 0. The van der Waals surface area contributed by atoms with Crippen molar-refractivity contribution in [2.75, 3.05) is 13.2 Å². The maximum atomic E-state index is 13.1. The van der Waals surface area contributed by atoms with Crippen molar-refractivity contribution in [3.63, 3.8) is 0 Å². The number of aryl methyl sites for hydroxylation is 1. The van der Waals surface area contributed by atoms with E-state index in [4.69, 9.17) is 0 Å². The number of aromatic nitrogens is 1. The van der Waals surface area contributed by atoms with Crippen LogP contribution in [0.25, 0.3) is 10.4 Å². The average Bonchev–Trinajstić information content (AvgIpc) is 2.94. The van der Waals surface area contributed by atoms with Gasteiger partial charge in [0.1, 0.15) is 5.69 Å². The van der Waals surface area contributed by atoms with Crippen LogP contribution in [0.15, 0.2) is 30.3 Å². The summed E-state index contributed by atoms with van der Waals surface area (Å²) in [5.74, 6) is 1.61. The van der Waals surface area contributed by atoms with Crippen LogP contribution in [0.1, 0.15) is 22.4 Å². The molecule has 1 aliphatic carbocycles. The molecule has 1 saturated carbocycles. The number of rotatable bonds is 3. The van der Waals surface area contributed by atoms with Crippen LogP contribution < -0.4 is 0 Å². The number of likely N-dealkylation sites (tertiary alicyclic amines) is 1. The molecule has 1 amide bonds. The maximum absolute atomic E-state index is 13.1. The van der Waals surface area contributed by atoms with E-state index in [9.17, 15) is 9.90 Å². The zero-order chi connectivity index (χ0) is 16.1. The predicted octanol–water partition coefficient (Wildman–Crippen LogP) is 2.82. The highest BCUT2D eigenvalue weighted by molar-refractivity contribution is 7.15. The van der Waals surface area contributed by atoms with Crippen molar-refractivity contribution in [2.45, 2.75) is 19.9 Å². The molecule has 0 bridgehead atoms. The zero-order valence-electron chi connectivity index (χ0n) is 13.3. The number of piperidine rings is 1. The quantitative estimate of drug-likeness (QED) is 0.942. The molecule has 4 rings (SSSR count). The highest BCUT2D eigenvalue weighted by Crippen LogP contribution is 2.55. The van der Waals surface area contributed by atoms with Gasteiger partial charge in [0.25, 0.3) is 5.91 Å². The van der Waals surface area contributed by atoms with Gasteiger partial charge >= 0.3 is 0 Å². The van der Waals surface area contributed by atoms with Gasteiger partial charge in [0.05, 0.1) is 22.5 Å². The fraction of sp³-hybridized carbons (Fsp3) is 0.444. The maximum Gasteiger partial charge on any atom is 0.274 e. The summed E-state index contributed by atoms with van der Waals surface area (Å²) in [5, 5.41) is 10.6. The van der Waals surface area contributed by atoms with Gasteiger partial charge in [0.2, 0.25) is 0 Å². The Hall–Kier alpha value is -1.72. The number of aliphatic hydroxyl groups excluding tert-OH is 1. The number of carbonyl (C=O) groups excluding carboxylic acids is 1. The molecule has 4 nitrogen and oxygen atoms in total. The summed E-state index contributed by atoms with van der Waals surface area (Å²) in [5.41, 5.74) is 1.56.